The number of carboxylic acid groups (broad SMARTS) is 2. The monoisotopic (exact) mass is 548 g/mol. The van der Waals surface area contributed by atoms with Crippen LogP contribution in [0.25, 0.3) is 0 Å². The van der Waals surface area contributed by atoms with E-state index in [0.717, 1.165) is 0 Å². The highest BCUT2D eigenvalue weighted by Crippen LogP contribution is 2.06. The van der Waals surface area contributed by atoms with Crippen LogP contribution in [-0.2, 0) is 28.8 Å². The molecule has 0 aliphatic heterocycles. The Labute approximate surface area is 217 Å². The van der Waals surface area contributed by atoms with Crippen LogP contribution in [0.5, 0.6) is 0 Å². The van der Waals surface area contributed by atoms with E-state index in [1.807, 2.05) is 0 Å². The molecule has 4 atom stereocenters. The number of aliphatic imine (C=N–C) groups is 1. The molecule has 0 spiro atoms. The number of carbonyl (C=O) groups excluding carboxylic acids is 4. The maximum Gasteiger partial charge on any atom is 0.326 e. The predicted molar refractivity (Wildman–Crippen MR) is 135 cm³/mol. The van der Waals surface area contributed by atoms with E-state index in [1.165, 1.54) is 11.8 Å². The average molecular weight is 549 g/mol. The summed E-state index contributed by atoms with van der Waals surface area (Å²) >= 11 is 1.37. The minimum atomic E-state index is -1.64. The lowest BCUT2D eigenvalue weighted by Crippen LogP contribution is -2.57. The molecular formula is C20H36N8O8S. The van der Waals surface area contributed by atoms with Gasteiger partial charge >= 0.3 is 11.9 Å². The van der Waals surface area contributed by atoms with Gasteiger partial charge in [-0.15, -0.1) is 0 Å². The van der Waals surface area contributed by atoms with E-state index in [9.17, 15) is 39.0 Å². The fourth-order valence-corrected chi connectivity index (χ4v) is 3.37. The lowest BCUT2D eigenvalue weighted by atomic mass is 10.1. The second-order valence-corrected chi connectivity index (χ2v) is 8.95. The Morgan fingerprint density at radius 1 is 0.838 bits per heavy atom. The van der Waals surface area contributed by atoms with Crippen LogP contribution < -0.4 is 38.9 Å². The number of guanidine groups is 1. The van der Waals surface area contributed by atoms with Gasteiger partial charge in [-0.2, -0.15) is 11.8 Å². The summed E-state index contributed by atoms with van der Waals surface area (Å²) in [4.78, 5) is 75.5. The lowest BCUT2D eigenvalue weighted by molar-refractivity contribution is -0.143. The molecule has 0 aromatic rings. The number of aliphatic carboxylic acids is 2. The van der Waals surface area contributed by atoms with Gasteiger partial charge in [0, 0.05) is 13.0 Å². The summed E-state index contributed by atoms with van der Waals surface area (Å²) in [7, 11) is 0. The zero-order valence-corrected chi connectivity index (χ0v) is 21.3. The SMILES string of the molecule is CSCCC(NC(=O)C(N)CCC(N)=O)C(=O)NC(CC(=O)O)C(=O)NC(CCCN=C(N)N)C(=O)O. The van der Waals surface area contributed by atoms with E-state index in [1.54, 1.807) is 6.26 Å². The van der Waals surface area contributed by atoms with Crippen molar-refractivity contribution in [2.75, 3.05) is 18.6 Å². The molecule has 4 unspecified atom stereocenters. The number of thioether (sulfide) groups is 1. The minimum absolute atomic E-state index is 0.0537. The van der Waals surface area contributed by atoms with Gasteiger partial charge in [0.1, 0.15) is 18.1 Å². The van der Waals surface area contributed by atoms with Crippen LogP contribution in [0.1, 0.15) is 38.5 Å². The Bertz CT molecular complexity index is 852. The van der Waals surface area contributed by atoms with Crippen LogP contribution in [0.4, 0.5) is 0 Å². The highest BCUT2D eigenvalue weighted by atomic mass is 32.2. The molecule has 0 bridgehead atoms. The number of rotatable bonds is 19. The van der Waals surface area contributed by atoms with Crippen molar-refractivity contribution in [2.24, 2.45) is 27.9 Å². The first kappa shape index (κ1) is 33.4. The third-order valence-corrected chi connectivity index (χ3v) is 5.50. The molecule has 210 valence electrons. The van der Waals surface area contributed by atoms with Gasteiger partial charge in [-0.25, -0.2) is 4.79 Å². The minimum Gasteiger partial charge on any atom is -0.481 e. The summed E-state index contributed by atoms with van der Waals surface area (Å²) in [5.41, 5.74) is 21.2. The third-order valence-electron chi connectivity index (χ3n) is 4.85. The van der Waals surface area contributed by atoms with E-state index < -0.39 is 66.2 Å². The summed E-state index contributed by atoms with van der Waals surface area (Å²) in [6.07, 6.45) is 0.959. The normalized spacial score (nSPS) is 13.8. The number of carboxylic acids is 2. The first-order valence-electron chi connectivity index (χ1n) is 11.2. The zero-order chi connectivity index (χ0) is 28.5. The molecule has 17 heteroatoms. The van der Waals surface area contributed by atoms with Crippen LogP contribution in [0.15, 0.2) is 4.99 Å². The zero-order valence-electron chi connectivity index (χ0n) is 20.5. The van der Waals surface area contributed by atoms with Gasteiger partial charge in [-0.3, -0.25) is 29.0 Å². The summed E-state index contributed by atoms with van der Waals surface area (Å²) in [5, 5.41) is 25.5. The average Bonchev–Trinajstić information content (AvgIpc) is 2.80. The highest BCUT2D eigenvalue weighted by Gasteiger charge is 2.31. The second kappa shape index (κ2) is 17.8. The number of nitrogens with zero attached hydrogens (tertiary/aromatic N) is 1. The molecule has 16 nitrogen and oxygen atoms in total. The van der Waals surface area contributed by atoms with E-state index in [2.05, 4.69) is 20.9 Å². The van der Waals surface area contributed by atoms with Crippen LogP contribution in [0.2, 0.25) is 0 Å². The highest BCUT2D eigenvalue weighted by molar-refractivity contribution is 7.98. The van der Waals surface area contributed by atoms with Gasteiger partial charge < -0.3 is 49.1 Å². The molecule has 4 amide bonds. The number of hydrogen-bond donors (Lipinski definition) is 9. The lowest BCUT2D eigenvalue weighted by Gasteiger charge is -2.24. The summed E-state index contributed by atoms with van der Waals surface area (Å²) < 4.78 is 0. The van der Waals surface area contributed by atoms with Crippen molar-refractivity contribution >= 4 is 53.3 Å². The van der Waals surface area contributed by atoms with Crippen molar-refractivity contribution < 1.29 is 39.0 Å². The maximum absolute atomic E-state index is 12.9. The topological polar surface area (TPSA) is 295 Å². The summed E-state index contributed by atoms with van der Waals surface area (Å²) in [5.74, 6) is -5.89. The number of amides is 4. The Kier molecular flexibility index (Phi) is 16.0. The largest absolute Gasteiger partial charge is 0.481 e. The number of nitrogens with two attached hydrogens (primary N) is 4. The van der Waals surface area contributed by atoms with Crippen molar-refractivity contribution in [3.05, 3.63) is 0 Å². The van der Waals surface area contributed by atoms with Gasteiger partial charge in [-0.05, 0) is 37.7 Å². The van der Waals surface area contributed by atoms with E-state index >= 15 is 0 Å². The van der Waals surface area contributed by atoms with Gasteiger partial charge in [0.25, 0.3) is 0 Å². The van der Waals surface area contributed by atoms with Crippen molar-refractivity contribution in [1.82, 2.24) is 16.0 Å². The van der Waals surface area contributed by atoms with Crippen molar-refractivity contribution in [1.29, 1.82) is 0 Å². The molecule has 0 saturated heterocycles. The van der Waals surface area contributed by atoms with Crippen molar-refractivity contribution in [2.45, 2.75) is 62.7 Å². The van der Waals surface area contributed by atoms with Gasteiger partial charge in [0.05, 0.1) is 12.5 Å². The van der Waals surface area contributed by atoms with E-state index in [4.69, 9.17) is 22.9 Å². The molecule has 13 N–H and O–H groups in total. The molecule has 0 aliphatic carbocycles. The number of carbonyl (C=O) groups is 6. The van der Waals surface area contributed by atoms with Gasteiger partial charge in [-0.1, -0.05) is 0 Å². The molecule has 0 rings (SSSR count). The molecule has 0 aliphatic rings. The van der Waals surface area contributed by atoms with Crippen LogP contribution in [0, 0.1) is 0 Å². The predicted octanol–water partition coefficient (Wildman–Crippen LogP) is -3.60. The number of primary amides is 1. The molecule has 0 heterocycles. The molecular weight excluding hydrogens is 512 g/mol. The Hall–Kier alpha value is -3.60. The summed E-state index contributed by atoms with van der Waals surface area (Å²) in [6, 6.07) is -5.35. The maximum atomic E-state index is 12.9. The number of hydrogen-bond acceptors (Lipinski definition) is 9. The van der Waals surface area contributed by atoms with Crippen molar-refractivity contribution in [3.63, 3.8) is 0 Å². The third kappa shape index (κ3) is 15.2. The Morgan fingerprint density at radius 2 is 1.41 bits per heavy atom. The standard InChI is InChI=1S/C20H36N8O8S/c1-37-8-6-11(26-16(32)10(21)4-5-14(22)29)17(33)28-13(9-15(30)31)18(34)27-12(19(35)36)3-2-7-25-20(23)24/h10-13H,2-9,21H2,1H3,(H2,22,29)(H,26,32)(H,27,34)(H,28,33)(H,30,31)(H,35,36)(H4,23,24,25). The van der Waals surface area contributed by atoms with Crippen LogP contribution >= 0.6 is 11.8 Å². The second-order valence-electron chi connectivity index (χ2n) is 7.96. The molecule has 0 saturated carbocycles. The molecule has 0 fully saturated rings. The van der Waals surface area contributed by atoms with Crippen LogP contribution in [-0.4, -0.2) is 94.5 Å². The summed E-state index contributed by atoms with van der Waals surface area (Å²) in [6.45, 7) is 0.107. The Balaban J connectivity index is 5.44. The smallest absolute Gasteiger partial charge is 0.326 e. The fourth-order valence-electron chi connectivity index (χ4n) is 2.90. The van der Waals surface area contributed by atoms with Crippen LogP contribution in [0.3, 0.4) is 0 Å². The van der Waals surface area contributed by atoms with E-state index in [-0.39, 0.29) is 44.6 Å². The molecule has 0 aromatic carbocycles. The van der Waals surface area contributed by atoms with Crippen molar-refractivity contribution in [3.8, 4) is 0 Å². The fraction of sp³-hybridized carbons (Fsp3) is 0.650. The van der Waals surface area contributed by atoms with Gasteiger partial charge in [0.15, 0.2) is 5.96 Å². The first-order chi connectivity index (χ1) is 17.3. The number of nitrogens with one attached hydrogen (secondary N) is 3. The quantitative estimate of drug-likeness (QED) is 0.0429. The first-order valence-corrected chi connectivity index (χ1v) is 12.6. The Morgan fingerprint density at radius 3 is 1.92 bits per heavy atom. The van der Waals surface area contributed by atoms with E-state index in [0.29, 0.717) is 5.75 Å². The molecule has 0 radical (unpaired) electrons. The van der Waals surface area contributed by atoms with Gasteiger partial charge in [0.2, 0.25) is 23.6 Å². The molecule has 37 heavy (non-hydrogen) atoms. The molecule has 0 aromatic heterocycles.